The van der Waals surface area contributed by atoms with E-state index in [0.717, 1.165) is 23.1 Å². The molecule has 0 atom stereocenters. The van der Waals surface area contributed by atoms with E-state index in [9.17, 15) is 9.59 Å². The molecule has 2 aromatic rings. The number of piperidine rings is 1. The van der Waals surface area contributed by atoms with Gasteiger partial charge in [-0.15, -0.1) is 0 Å². The van der Waals surface area contributed by atoms with Gasteiger partial charge in [0.25, 0.3) is 0 Å². The maximum absolute atomic E-state index is 12.3. The average molecular weight is 360 g/mol. The lowest BCUT2D eigenvalue weighted by Crippen LogP contribution is -2.62. The zero-order chi connectivity index (χ0) is 18.2. The van der Waals surface area contributed by atoms with Gasteiger partial charge in [-0.05, 0) is 52.7 Å². The van der Waals surface area contributed by atoms with E-state index in [1.54, 1.807) is 0 Å². The van der Waals surface area contributed by atoms with Crippen LogP contribution in [0.5, 0.6) is 0 Å². The van der Waals surface area contributed by atoms with Gasteiger partial charge in [-0.25, -0.2) is 4.98 Å². The van der Waals surface area contributed by atoms with Crippen molar-refractivity contribution >= 4 is 38.5 Å². The summed E-state index contributed by atoms with van der Waals surface area (Å²) in [5.74, 6) is -1.29. The van der Waals surface area contributed by atoms with Crippen molar-refractivity contribution in [2.24, 2.45) is 0 Å². The van der Waals surface area contributed by atoms with Gasteiger partial charge < -0.3 is 10.6 Å². The minimum absolute atomic E-state index is 0.0418. The monoisotopic (exact) mass is 360 g/mol. The summed E-state index contributed by atoms with van der Waals surface area (Å²) in [5.41, 5.74) is 0.622. The minimum Gasteiger partial charge on any atom is -0.345 e. The van der Waals surface area contributed by atoms with Gasteiger partial charge >= 0.3 is 11.8 Å². The van der Waals surface area contributed by atoms with Crippen molar-refractivity contribution in [3.05, 3.63) is 24.3 Å². The van der Waals surface area contributed by atoms with E-state index in [4.69, 9.17) is 0 Å². The molecule has 25 heavy (non-hydrogen) atoms. The molecule has 0 aliphatic carbocycles. The number of aromatic nitrogens is 1. The van der Waals surface area contributed by atoms with E-state index in [0.29, 0.717) is 5.13 Å². The van der Waals surface area contributed by atoms with Crippen LogP contribution in [0.25, 0.3) is 10.2 Å². The minimum atomic E-state index is -0.673. The number of fused-ring (bicyclic) bond motifs is 1. The highest BCUT2D eigenvalue weighted by atomic mass is 32.1. The van der Waals surface area contributed by atoms with E-state index in [1.165, 1.54) is 11.3 Å². The summed E-state index contributed by atoms with van der Waals surface area (Å²) in [5, 5.41) is 9.47. The number of nitrogens with zero attached hydrogens (tertiary/aromatic N) is 1. The molecule has 0 spiro atoms. The van der Waals surface area contributed by atoms with Crippen molar-refractivity contribution in [1.82, 2.24) is 15.6 Å². The molecular formula is C18H24N4O2S. The normalized spacial score (nSPS) is 19.5. The van der Waals surface area contributed by atoms with Crippen LogP contribution in [0.2, 0.25) is 0 Å². The molecule has 1 saturated heterocycles. The number of thiazole rings is 1. The zero-order valence-electron chi connectivity index (χ0n) is 15.0. The molecule has 3 N–H and O–H groups in total. The SMILES string of the molecule is CC1(C)CC(NC(=O)C(=O)Nc2nc3ccccc3s2)CC(C)(C)N1. The lowest BCUT2D eigenvalue weighted by Gasteiger charge is -2.46. The van der Waals surface area contributed by atoms with Crippen molar-refractivity contribution in [3.63, 3.8) is 0 Å². The summed E-state index contributed by atoms with van der Waals surface area (Å²) in [7, 11) is 0. The number of carbonyl (C=O) groups excluding carboxylic acids is 2. The predicted octanol–water partition coefficient (Wildman–Crippen LogP) is 2.66. The Balaban J connectivity index is 1.63. The number of carbonyl (C=O) groups is 2. The fourth-order valence-electron chi connectivity index (χ4n) is 3.75. The maximum Gasteiger partial charge on any atom is 0.315 e. The second-order valence-electron chi connectivity index (χ2n) is 7.91. The Hall–Kier alpha value is -1.99. The smallest absolute Gasteiger partial charge is 0.315 e. The summed E-state index contributed by atoms with van der Waals surface area (Å²) < 4.78 is 0.972. The molecule has 2 heterocycles. The first-order valence-corrected chi connectivity index (χ1v) is 9.22. The van der Waals surface area contributed by atoms with E-state index < -0.39 is 11.8 Å². The second kappa shape index (κ2) is 6.38. The van der Waals surface area contributed by atoms with Gasteiger partial charge in [0.1, 0.15) is 0 Å². The largest absolute Gasteiger partial charge is 0.345 e. The molecule has 3 rings (SSSR count). The highest BCUT2D eigenvalue weighted by molar-refractivity contribution is 7.22. The third kappa shape index (κ3) is 4.35. The third-order valence-corrected chi connectivity index (χ3v) is 5.20. The Bertz CT molecular complexity index is 763. The number of hydrogen-bond acceptors (Lipinski definition) is 5. The number of nitrogens with one attached hydrogen (secondary N) is 3. The quantitative estimate of drug-likeness (QED) is 0.719. The van der Waals surface area contributed by atoms with Crippen LogP contribution in [0, 0.1) is 0 Å². The predicted molar refractivity (Wildman–Crippen MR) is 101 cm³/mol. The van der Waals surface area contributed by atoms with Gasteiger partial charge in [-0.2, -0.15) is 0 Å². The molecule has 134 valence electrons. The number of para-hydroxylation sites is 1. The van der Waals surface area contributed by atoms with Crippen LogP contribution in [0.15, 0.2) is 24.3 Å². The molecule has 1 fully saturated rings. The highest BCUT2D eigenvalue weighted by Crippen LogP contribution is 2.28. The Kier molecular flexibility index (Phi) is 4.55. The van der Waals surface area contributed by atoms with Crippen LogP contribution in [-0.2, 0) is 9.59 Å². The van der Waals surface area contributed by atoms with Crippen LogP contribution in [0.3, 0.4) is 0 Å². The Morgan fingerprint density at radius 1 is 1.12 bits per heavy atom. The Morgan fingerprint density at radius 2 is 1.76 bits per heavy atom. The summed E-state index contributed by atoms with van der Waals surface area (Å²) in [6.45, 7) is 8.42. The van der Waals surface area contributed by atoms with E-state index in [2.05, 4.69) is 48.6 Å². The maximum atomic E-state index is 12.3. The molecule has 0 saturated carbocycles. The van der Waals surface area contributed by atoms with Crippen molar-refractivity contribution in [2.45, 2.75) is 57.7 Å². The number of hydrogen-bond donors (Lipinski definition) is 3. The third-order valence-electron chi connectivity index (χ3n) is 4.25. The fourth-order valence-corrected chi connectivity index (χ4v) is 4.62. The number of rotatable bonds is 2. The van der Waals surface area contributed by atoms with Crippen molar-refractivity contribution in [1.29, 1.82) is 0 Å². The van der Waals surface area contributed by atoms with Crippen molar-refractivity contribution < 1.29 is 9.59 Å². The summed E-state index contributed by atoms with van der Waals surface area (Å²) in [6.07, 6.45) is 1.55. The van der Waals surface area contributed by atoms with E-state index in [-0.39, 0.29) is 17.1 Å². The van der Waals surface area contributed by atoms with E-state index in [1.807, 2.05) is 24.3 Å². The molecule has 2 amide bonds. The molecule has 1 aliphatic rings. The molecule has 7 heteroatoms. The fraction of sp³-hybridized carbons (Fsp3) is 0.500. The van der Waals surface area contributed by atoms with Gasteiger partial charge in [-0.1, -0.05) is 23.5 Å². The topological polar surface area (TPSA) is 83.1 Å². The van der Waals surface area contributed by atoms with Crippen LogP contribution < -0.4 is 16.0 Å². The first-order valence-electron chi connectivity index (χ1n) is 8.40. The van der Waals surface area contributed by atoms with Gasteiger partial charge in [0.05, 0.1) is 10.2 Å². The molecule has 1 aromatic heterocycles. The van der Waals surface area contributed by atoms with Crippen LogP contribution in [0.4, 0.5) is 5.13 Å². The van der Waals surface area contributed by atoms with Crippen LogP contribution >= 0.6 is 11.3 Å². The standard InChI is InChI=1S/C18H24N4O2S/c1-17(2)9-11(10-18(3,4)22-17)19-14(23)15(24)21-16-20-12-7-5-6-8-13(12)25-16/h5-8,11,22H,9-10H2,1-4H3,(H,19,23)(H,20,21,24). The van der Waals surface area contributed by atoms with Gasteiger partial charge in [0, 0.05) is 17.1 Å². The highest BCUT2D eigenvalue weighted by Gasteiger charge is 2.38. The average Bonchev–Trinajstić information content (AvgIpc) is 2.85. The van der Waals surface area contributed by atoms with Gasteiger partial charge in [0.2, 0.25) is 0 Å². The molecule has 6 nitrogen and oxygen atoms in total. The van der Waals surface area contributed by atoms with Crippen LogP contribution in [0.1, 0.15) is 40.5 Å². The Labute approximate surface area is 151 Å². The molecule has 1 aliphatic heterocycles. The van der Waals surface area contributed by atoms with Gasteiger partial charge in [-0.3, -0.25) is 14.9 Å². The molecule has 1 aromatic carbocycles. The number of benzene rings is 1. The second-order valence-corrected chi connectivity index (χ2v) is 8.94. The summed E-state index contributed by atoms with van der Waals surface area (Å²) >= 11 is 1.36. The van der Waals surface area contributed by atoms with E-state index >= 15 is 0 Å². The lowest BCUT2D eigenvalue weighted by atomic mass is 9.79. The number of amides is 2. The molecular weight excluding hydrogens is 336 g/mol. The molecule has 0 bridgehead atoms. The summed E-state index contributed by atoms with van der Waals surface area (Å²) in [4.78, 5) is 28.8. The molecule has 0 unspecified atom stereocenters. The summed E-state index contributed by atoms with van der Waals surface area (Å²) in [6, 6.07) is 7.57. The Morgan fingerprint density at radius 3 is 2.40 bits per heavy atom. The lowest BCUT2D eigenvalue weighted by molar-refractivity contribution is -0.137. The number of anilines is 1. The first-order chi connectivity index (χ1) is 11.6. The van der Waals surface area contributed by atoms with Crippen LogP contribution in [-0.4, -0.2) is 33.9 Å². The molecule has 0 radical (unpaired) electrons. The van der Waals surface area contributed by atoms with Crippen molar-refractivity contribution in [3.8, 4) is 0 Å². The van der Waals surface area contributed by atoms with Crippen molar-refractivity contribution in [2.75, 3.05) is 5.32 Å². The first kappa shape index (κ1) is 17.8. The zero-order valence-corrected chi connectivity index (χ0v) is 15.8. The van der Waals surface area contributed by atoms with Gasteiger partial charge in [0.15, 0.2) is 5.13 Å².